The third kappa shape index (κ3) is 2.83. The van der Waals surface area contributed by atoms with Gasteiger partial charge in [0.05, 0.1) is 16.6 Å². The Labute approximate surface area is 155 Å². The fraction of sp³-hybridized carbons (Fsp3) is 0.190. The van der Waals surface area contributed by atoms with Gasteiger partial charge in [0.2, 0.25) is 0 Å². The molecular formula is C21H18FN3O2. The van der Waals surface area contributed by atoms with Crippen molar-refractivity contribution in [1.29, 1.82) is 0 Å². The summed E-state index contributed by atoms with van der Waals surface area (Å²) in [7, 11) is 0. The SMILES string of the molecule is CC(C)(C)c1ccc(-c2nc3cc(C(=O)O)ccc3n3ccnc23)c(F)c1. The van der Waals surface area contributed by atoms with Crippen molar-refractivity contribution in [2.45, 2.75) is 26.2 Å². The van der Waals surface area contributed by atoms with Crippen LogP contribution in [0.5, 0.6) is 0 Å². The highest BCUT2D eigenvalue weighted by Crippen LogP contribution is 2.31. The van der Waals surface area contributed by atoms with Crippen molar-refractivity contribution >= 4 is 22.6 Å². The minimum atomic E-state index is -1.04. The van der Waals surface area contributed by atoms with E-state index in [-0.39, 0.29) is 16.8 Å². The number of imidazole rings is 1. The number of hydrogen-bond acceptors (Lipinski definition) is 3. The molecule has 2 aromatic carbocycles. The lowest BCUT2D eigenvalue weighted by atomic mass is 9.86. The topological polar surface area (TPSA) is 67.5 Å². The predicted molar refractivity (Wildman–Crippen MR) is 102 cm³/mol. The second-order valence-electron chi connectivity index (χ2n) is 7.53. The van der Waals surface area contributed by atoms with Gasteiger partial charge in [-0.05, 0) is 41.3 Å². The molecule has 0 aliphatic heterocycles. The van der Waals surface area contributed by atoms with Crippen LogP contribution in [0.15, 0.2) is 48.8 Å². The molecule has 4 rings (SSSR count). The molecule has 0 fully saturated rings. The summed E-state index contributed by atoms with van der Waals surface area (Å²) < 4.78 is 16.7. The van der Waals surface area contributed by atoms with E-state index in [1.807, 2.05) is 26.8 Å². The molecule has 4 aromatic rings. The number of aromatic carboxylic acids is 1. The Bertz CT molecular complexity index is 1210. The smallest absolute Gasteiger partial charge is 0.335 e. The zero-order valence-corrected chi connectivity index (χ0v) is 15.2. The van der Waals surface area contributed by atoms with Crippen molar-refractivity contribution in [3.05, 3.63) is 65.7 Å². The van der Waals surface area contributed by atoms with Crippen LogP contribution >= 0.6 is 0 Å². The van der Waals surface area contributed by atoms with Gasteiger partial charge in [0.15, 0.2) is 5.65 Å². The predicted octanol–water partition coefficient (Wildman–Crippen LogP) is 4.68. The molecule has 1 N–H and O–H groups in total. The number of hydrogen-bond donors (Lipinski definition) is 1. The van der Waals surface area contributed by atoms with E-state index in [1.54, 1.807) is 28.9 Å². The summed E-state index contributed by atoms with van der Waals surface area (Å²) in [5, 5.41) is 9.25. The molecule has 2 heterocycles. The number of carboxylic acid groups (broad SMARTS) is 1. The van der Waals surface area contributed by atoms with Crippen LogP contribution in [0.1, 0.15) is 36.7 Å². The number of halogens is 1. The highest BCUT2D eigenvalue weighted by Gasteiger charge is 2.19. The third-order valence-electron chi connectivity index (χ3n) is 4.66. The van der Waals surface area contributed by atoms with Crippen LogP contribution in [0.25, 0.3) is 27.9 Å². The molecule has 0 bridgehead atoms. The minimum Gasteiger partial charge on any atom is -0.478 e. The summed E-state index contributed by atoms with van der Waals surface area (Å²) in [4.78, 5) is 20.2. The first kappa shape index (κ1) is 17.1. The van der Waals surface area contributed by atoms with E-state index in [0.29, 0.717) is 27.9 Å². The molecule has 0 atom stereocenters. The molecular weight excluding hydrogens is 345 g/mol. The molecule has 5 nitrogen and oxygen atoms in total. The molecule has 0 unspecified atom stereocenters. The third-order valence-corrected chi connectivity index (χ3v) is 4.66. The van der Waals surface area contributed by atoms with Crippen molar-refractivity contribution < 1.29 is 14.3 Å². The van der Waals surface area contributed by atoms with Crippen molar-refractivity contribution in [2.24, 2.45) is 0 Å². The quantitative estimate of drug-likeness (QED) is 0.561. The van der Waals surface area contributed by atoms with Crippen LogP contribution in [0, 0.1) is 5.82 Å². The Morgan fingerprint density at radius 1 is 1.15 bits per heavy atom. The van der Waals surface area contributed by atoms with Gasteiger partial charge in [-0.2, -0.15) is 0 Å². The monoisotopic (exact) mass is 363 g/mol. The Morgan fingerprint density at radius 3 is 2.59 bits per heavy atom. The van der Waals surface area contributed by atoms with Crippen molar-refractivity contribution in [3.8, 4) is 11.3 Å². The number of aromatic nitrogens is 3. The van der Waals surface area contributed by atoms with Crippen LogP contribution in [0.3, 0.4) is 0 Å². The highest BCUT2D eigenvalue weighted by atomic mass is 19.1. The lowest BCUT2D eigenvalue weighted by Gasteiger charge is -2.19. The number of rotatable bonds is 2. The zero-order valence-electron chi connectivity index (χ0n) is 15.2. The van der Waals surface area contributed by atoms with Crippen LogP contribution in [0.4, 0.5) is 4.39 Å². The Kier molecular flexibility index (Phi) is 3.73. The molecule has 27 heavy (non-hydrogen) atoms. The number of benzene rings is 2. The average Bonchev–Trinajstić information content (AvgIpc) is 3.09. The molecule has 6 heteroatoms. The second kappa shape index (κ2) is 5.87. The molecule has 0 saturated heterocycles. The first-order valence-electron chi connectivity index (χ1n) is 8.56. The second-order valence-corrected chi connectivity index (χ2v) is 7.53. The van der Waals surface area contributed by atoms with Gasteiger partial charge in [-0.15, -0.1) is 0 Å². The molecule has 0 aliphatic rings. The van der Waals surface area contributed by atoms with E-state index >= 15 is 0 Å². The summed E-state index contributed by atoms with van der Waals surface area (Å²) in [6.45, 7) is 6.07. The lowest BCUT2D eigenvalue weighted by molar-refractivity contribution is 0.0697. The summed E-state index contributed by atoms with van der Waals surface area (Å²) in [6, 6.07) is 9.81. The van der Waals surface area contributed by atoms with Gasteiger partial charge in [-0.25, -0.2) is 19.2 Å². The molecule has 2 aromatic heterocycles. The van der Waals surface area contributed by atoms with Gasteiger partial charge in [0.1, 0.15) is 11.5 Å². The van der Waals surface area contributed by atoms with Gasteiger partial charge in [-0.3, -0.25) is 4.40 Å². The average molecular weight is 363 g/mol. The van der Waals surface area contributed by atoms with E-state index in [0.717, 1.165) is 5.56 Å². The van der Waals surface area contributed by atoms with Crippen LogP contribution in [0.2, 0.25) is 0 Å². The van der Waals surface area contributed by atoms with E-state index in [2.05, 4.69) is 9.97 Å². The van der Waals surface area contributed by atoms with Crippen molar-refractivity contribution in [3.63, 3.8) is 0 Å². The van der Waals surface area contributed by atoms with E-state index in [4.69, 9.17) is 0 Å². The van der Waals surface area contributed by atoms with E-state index in [1.165, 1.54) is 18.2 Å². The first-order chi connectivity index (χ1) is 12.8. The highest BCUT2D eigenvalue weighted by molar-refractivity contribution is 5.94. The number of carbonyl (C=O) groups is 1. The van der Waals surface area contributed by atoms with Crippen LogP contribution in [-0.2, 0) is 5.41 Å². The first-order valence-corrected chi connectivity index (χ1v) is 8.56. The molecule has 0 aliphatic carbocycles. The summed E-state index contributed by atoms with van der Waals surface area (Å²) >= 11 is 0. The van der Waals surface area contributed by atoms with E-state index in [9.17, 15) is 14.3 Å². The Balaban J connectivity index is 2.00. The standard InChI is InChI=1S/C21H18FN3O2/c1-21(2,3)13-5-6-14(15(22)11-13)18-19-23-8-9-25(19)17-7-4-12(20(26)27)10-16(17)24-18/h4-11H,1-3H3,(H,26,27). The number of nitrogens with zero attached hydrogens (tertiary/aromatic N) is 3. The minimum absolute atomic E-state index is 0.129. The van der Waals surface area contributed by atoms with Gasteiger partial charge < -0.3 is 5.11 Å². The maximum Gasteiger partial charge on any atom is 0.335 e. The molecule has 0 saturated carbocycles. The fourth-order valence-corrected chi connectivity index (χ4v) is 3.15. The number of fused-ring (bicyclic) bond motifs is 3. The summed E-state index contributed by atoms with van der Waals surface area (Å²) in [5.74, 6) is -1.42. The normalized spacial score (nSPS) is 12.0. The zero-order chi connectivity index (χ0) is 19.3. The number of carboxylic acids is 1. The van der Waals surface area contributed by atoms with Crippen LogP contribution < -0.4 is 0 Å². The van der Waals surface area contributed by atoms with Crippen LogP contribution in [-0.4, -0.2) is 25.4 Å². The molecule has 0 spiro atoms. The molecule has 0 radical (unpaired) electrons. The maximum atomic E-state index is 14.9. The molecule has 136 valence electrons. The van der Waals surface area contributed by atoms with Gasteiger partial charge >= 0.3 is 5.97 Å². The summed E-state index contributed by atoms with van der Waals surface area (Å²) in [6.07, 6.45) is 3.37. The Morgan fingerprint density at radius 2 is 1.93 bits per heavy atom. The summed E-state index contributed by atoms with van der Waals surface area (Å²) in [5.41, 5.74) is 3.26. The largest absolute Gasteiger partial charge is 0.478 e. The molecule has 0 amide bonds. The lowest BCUT2D eigenvalue weighted by Crippen LogP contribution is -2.11. The van der Waals surface area contributed by atoms with Gasteiger partial charge in [0, 0.05) is 18.0 Å². The Hall–Kier alpha value is -3.28. The van der Waals surface area contributed by atoms with Gasteiger partial charge in [0.25, 0.3) is 0 Å². The van der Waals surface area contributed by atoms with Crippen molar-refractivity contribution in [1.82, 2.24) is 14.4 Å². The fourth-order valence-electron chi connectivity index (χ4n) is 3.15. The van der Waals surface area contributed by atoms with E-state index < -0.39 is 5.97 Å². The maximum absolute atomic E-state index is 14.9. The van der Waals surface area contributed by atoms with Crippen molar-refractivity contribution in [2.75, 3.05) is 0 Å². The van der Waals surface area contributed by atoms with Gasteiger partial charge in [-0.1, -0.05) is 26.8 Å².